The van der Waals surface area contributed by atoms with E-state index in [1.165, 1.54) is 0 Å². The van der Waals surface area contributed by atoms with E-state index < -0.39 is 0 Å². The van der Waals surface area contributed by atoms with E-state index in [4.69, 9.17) is 20.1 Å². The van der Waals surface area contributed by atoms with Gasteiger partial charge in [0, 0.05) is 12.7 Å². The lowest BCUT2D eigenvalue weighted by atomic mass is 9.82. The predicted octanol–water partition coefficient (Wildman–Crippen LogP) is 2.66. The van der Waals surface area contributed by atoms with Crippen LogP contribution < -0.4 is 20.7 Å². The van der Waals surface area contributed by atoms with Gasteiger partial charge in [0.25, 0.3) is 0 Å². The average Bonchev–Trinajstić information content (AvgIpc) is 2.45. The van der Waals surface area contributed by atoms with Crippen LogP contribution in [0.3, 0.4) is 0 Å². The van der Waals surface area contributed by atoms with Crippen LogP contribution in [0, 0.1) is 5.41 Å². The Labute approximate surface area is 127 Å². The molecule has 5 heteroatoms. The van der Waals surface area contributed by atoms with Gasteiger partial charge in [-0.05, 0) is 30.0 Å². The van der Waals surface area contributed by atoms with Gasteiger partial charge in [0.15, 0.2) is 0 Å². The molecule has 0 saturated carbocycles. The Morgan fingerprint density at radius 3 is 1.95 bits per heavy atom. The molecular formula is C16H28N2O3. The number of nitrogens with two attached hydrogens (primary N) is 1. The highest BCUT2D eigenvalue weighted by Crippen LogP contribution is 2.35. The molecule has 5 nitrogen and oxygen atoms in total. The highest BCUT2D eigenvalue weighted by atomic mass is 16.5. The molecule has 120 valence electrons. The molecule has 0 amide bonds. The third kappa shape index (κ3) is 4.59. The van der Waals surface area contributed by atoms with Gasteiger partial charge in [-0.2, -0.15) is 0 Å². The Morgan fingerprint density at radius 2 is 1.62 bits per heavy atom. The van der Waals surface area contributed by atoms with Crippen molar-refractivity contribution in [3.63, 3.8) is 0 Å². The fourth-order valence-electron chi connectivity index (χ4n) is 2.39. The highest BCUT2D eigenvalue weighted by molar-refractivity contribution is 5.40. The van der Waals surface area contributed by atoms with Crippen LogP contribution in [-0.4, -0.2) is 26.9 Å². The molecule has 0 aromatic heterocycles. The van der Waals surface area contributed by atoms with Crippen molar-refractivity contribution in [1.82, 2.24) is 5.43 Å². The summed E-state index contributed by atoms with van der Waals surface area (Å²) in [4.78, 5) is 0. The maximum atomic E-state index is 5.94. The highest BCUT2D eigenvalue weighted by Gasteiger charge is 2.34. The second kappa shape index (κ2) is 7.64. The Balaban J connectivity index is 3.23. The fourth-order valence-corrected chi connectivity index (χ4v) is 2.39. The zero-order valence-corrected chi connectivity index (χ0v) is 13.9. The average molecular weight is 296 g/mol. The first-order valence-electron chi connectivity index (χ1n) is 7.18. The molecule has 2 atom stereocenters. The van der Waals surface area contributed by atoms with E-state index in [1.807, 2.05) is 25.1 Å². The Hall–Kier alpha value is -1.30. The van der Waals surface area contributed by atoms with Crippen molar-refractivity contribution >= 4 is 0 Å². The Bertz CT molecular complexity index is 421. The summed E-state index contributed by atoms with van der Waals surface area (Å²) in [6.45, 7) is 9.01. The molecule has 0 saturated heterocycles. The summed E-state index contributed by atoms with van der Waals surface area (Å²) in [6, 6.07) is 5.58. The van der Waals surface area contributed by atoms with Crippen LogP contribution in [0.5, 0.6) is 11.5 Å². The molecule has 1 aromatic carbocycles. The van der Waals surface area contributed by atoms with E-state index in [2.05, 4.69) is 26.2 Å². The lowest BCUT2D eigenvalue weighted by molar-refractivity contribution is -0.0367. The smallest absolute Gasteiger partial charge is 0.122 e. The summed E-state index contributed by atoms with van der Waals surface area (Å²) in [5.74, 6) is 7.26. The quantitative estimate of drug-likeness (QED) is 0.598. The maximum absolute atomic E-state index is 5.94. The maximum Gasteiger partial charge on any atom is 0.122 e. The second-order valence-electron chi connectivity index (χ2n) is 6.03. The van der Waals surface area contributed by atoms with Crippen LogP contribution in [-0.2, 0) is 4.74 Å². The van der Waals surface area contributed by atoms with Gasteiger partial charge in [-0.25, -0.2) is 0 Å². The number of hydrogen-bond acceptors (Lipinski definition) is 5. The molecule has 21 heavy (non-hydrogen) atoms. The lowest BCUT2D eigenvalue weighted by Crippen LogP contribution is -2.44. The minimum absolute atomic E-state index is 0.0661. The van der Waals surface area contributed by atoms with Gasteiger partial charge in [0.1, 0.15) is 11.5 Å². The number of ether oxygens (including phenoxy) is 3. The summed E-state index contributed by atoms with van der Waals surface area (Å²) in [6.07, 6.45) is -0.0793. The number of benzene rings is 1. The molecule has 3 N–H and O–H groups in total. The first-order chi connectivity index (χ1) is 9.87. The normalized spacial score (nSPS) is 14.6. The van der Waals surface area contributed by atoms with Crippen LogP contribution in [0.1, 0.15) is 39.3 Å². The van der Waals surface area contributed by atoms with Crippen molar-refractivity contribution in [2.24, 2.45) is 11.3 Å². The number of hydrazine groups is 1. The van der Waals surface area contributed by atoms with E-state index >= 15 is 0 Å². The van der Waals surface area contributed by atoms with E-state index in [1.54, 1.807) is 14.2 Å². The number of rotatable bonds is 7. The SMILES string of the molecule is CCOC(C(NN)c1cc(OC)cc(OC)c1)C(C)(C)C. The van der Waals surface area contributed by atoms with Gasteiger partial charge in [0.05, 0.1) is 26.4 Å². The third-order valence-electron chi connectivity index (χ3n) is 3.41. The van der Waals surface area contributed by atoms with Gasteiger partial charge in [-0.1, -0.05) is 20.8 Å². The van der Waals surface area contributed by atoms with Crippen molar-refractivity contribution in [2.75, 3.05) is 20.8 Å². The van der Waals surface area contributed by atoms with Gasteiger partial charge < -0.3 is 14.2 Å². The molecule has 0 heterocycles. The zero-order valence-electron chi connectivity index (χ0n) is 13.9. The van der Waals surface area contributed by atoms with Gasteiger partial charge in [0.2, 0.25) is 0 Å². The summed E-state index contributed by atoms with van der Waals surface area (Å²) in [7, 11) is 3.26. The monoisotopic (exact) mass is 296 g/mol. The molecule has 0 aliphatic carbocycles. The molecule has 2 unspecified atom stereocenters. The Kier molecular flexibility index (Phi) is 6.45. The van der Waals surface area contributed by atoms with E-state index in [-0.39, 0.29) is 17.6 Å². The first-order valence-corrected chi connectivity index (χ1v) is 7.18. The minimum atomic E-state index is -0.158. The van der Waals surface area contributed by atoms with Gasteiger partial charge in [-0.15, -0.1) is 0 Å². The van der Waals surface area contributed by atoms with Crippen molar-refractivity contribution < 1.29 is 14.2 Å². The standard InChI is InChI=1S/C16H28N2O3/c1-7-21-15(16(2,3)4)14(18-17)11-8-12(19-5)10-13(9-11)20-6/h8-10,14-15,18H,7,17H2,1-6H3. The molecule has 0 radical (unpaired) electrons. The number of methoxy groups -OCH3 is 2. The molecule has 0 fully saturated rings. The van der Waals surface area contributed by atoms with Crippen molar-refractivity contribution in [3.8, 4) is 11.5 Å². The lowest BCUT2D eigenvalue weighted by Gasteiger charge is -2.36. The van der Waals surface area contributed by atoms with Crippen LogP contribution in [0.25, 0.3) is 0 Å². The molecular weight excluding hydrogens is 268 g/mol. The molecule has 1 aromatic rings. The van der Waals surface area contributed by atoms with Crippen molar-refractivity contribution in [3.05, 3.63) is 23.8 Å². The van der Waals surface area contributed by atoms with E-state index in [0.717, 1.165) is 17.1 Å². The topological polar surface area (TPSA) is 65.7 Å². The second-order valence-corrected chi connectivity index (χ2v) is 6.03. The third-order valence-corrected chi connectivity index (χ3v) is 3.41. The molecule has 0 bridgehead atoms. The molecule has 1 rings (SSSR count). The molecule has 0 aliphatic rings. The number of hydrogen-bond donors (Lipinski definition) is 2. The minimum Gasteiger partial charge on any atom is -0.497 e. The van der Waals surface area contributed by atoms with Crippen molar-refractivity contribution in [2.45, 2.75) is 39.8 Å². The van der Waals surface area contributed by atoms with E-state index in [9.17, 15) is 0 Å². The largest absolute Gasteiger partial charge is 0.497 e. The number of nitrogens with one attached hydrogen (secondary N) is 1. The summed E-state index contributed by atoms with van der Waals surface area (Å²) in [5, 5.41) is 0. The fraction of sp³-hybridized carbons (Fsp3) is 0.625. The predicted molar refractivity (Wildman–Crippen MR) is 84.5 cm³/mol. The zero-order chi connectivity index (χ0) is 16.0. The first kappa shape index (κ1) is 17.8. The summed E-state index contributed by atoms with van der Waals surface area (Å²) in [5.41, 5.74) is 3.78. The van der Waals surface area contributed by atoms with Crippen LogP contribution in [0.4, 0.5) is 0 Å². The van der Waals surface area contributed by atoms with Crippen LogP contribution in [0.2, 0.25) is 0 Å². The van der Waals surface area contributed by atoms with E-state index in [0.29, 0.717) is 6.61 Å². The summed E-state index contributed by atoms with van der Waals surface area (Å²) >= 11 is 0. The Morgan fingerprint density at radius 1 is 1.10 bits per heavy atom. The van der Waals surface area contributed by atoms with Crippen molar-refractivity contribution in [1.29, 1.82) is 0 Å². The molecule has 0 aliphatic heterocycles. The van der Waals surface area contributed by atoms with Gasteiger partial charge in [-0.3, -0.25) is 11.3 Å². The van der Waals surface area contributed by atoms with Gasteiger partial charge >= 0.3 is 0 Å². The van der Waals surface area contributed by atoms with Crippen LogP contribution >= 0.6 is 0 Å². The van der Waals surface area contributed by atoms with Crippen LogP contribution in [0.15, 0.2) is 18.2 Å². The summed E-state index contributed by atoms with van der Waals surface area (Å²) < 4.78 is 16.6. The molecule has 0 spiro atoms.